The van der Waals surface area contributed by atoms with Crippen molar-refractivity contribution in [3.05, 3.63) is 29.8 Å². The largest absolute Gasteiger partial charge is 0.494 e. The monoisotopic (exact) mass is 278 g/mol. The molecule has 1 fully saturated rings. The lowest BCUT2D eigenvalue weighted by Gasteiger charge is -2.39. The fourth-order valence-electron chi connectivity index (χ4n) is 2.64. The van der Waals surface area contributed by atoms with Crippen molar-refractivity contribution in [2.75, 3.05) is 13.2 Å². The second-order valence-electron chi connectivity index (χ2n) is 6.01. The molecule has 3 nitrogen and oxygen atoms in total. The fourth-order valence-corrected chi connectivity index (χ4v) is 2.64. The van der Waals surface area contributed by atoms with E-state index in [1.807, 2.05) is 24.3 Å². The van der Waals surface area contributed by atoms with E-state index in [1.54, 1.807) is 0 Å². The van der Waals surface area contributed by atoms with Crippen LogP contribution in [0, 0.1) is 5.92 Å². The molecule has 2 unspecified atom stereocenters. The van der Waals surface area contributed by atoms with Gasteiger partial charge >= 0.3 is 0 Å². The summed E-state index contributed by atoms with van der Waals surface area (Å²) in [7, 11) is 0. The maximum Gasteiger partial charge on any atom is 0.119 e. The molecule has 1 saturated heterocycles. The number of aliphatic hydroxyl groups is 1. The van der Waals surface area contributed by atoms with E-state index in [0.29, 0.717) is 25.4 Å². The summed E-state index contributed by atoms with van der Waals surface area (Å²) in [4.78, 5) is 0. The van der Waals surface area contributed by atoms with Gasteiger partial charge in [0.15, 0.2) is 0 Å². The zero-order chi connectivity index (χ0) is 14.6. The van der Waals surface area contributed by atoms with E-state index in [-0.39, 0.29) is 6.10 Å². The van der Waals surface area contributed by atoms with E-state index in [0.717, 1.165) is 24.3 Å². The van der Waals surface area contributed by atoms with Crippen molar-refractivity contribution in [3.8, 4) is 5.75 Å². The van der Waals surface area contributed by atoms with Crippen LogP contribution >= 0.6 is 0 Å². The molecule has 3 heteroatoms. The Hall–Kier alpha value is -1.06. The normalized spacial score (nSPS) is 26.8. The van der Waals surface area contributed by atoms with Crippen LogP contribution in [-0.2, 0) is 10.3 Å². The van der Waals surface area contributed by atoms with Gasteiger partial charge in [0.2, 0.25) is 0 Å². The quantitative estimate of drug-likeness (QED) is 0.896. The Morgan fingerprint density at radius 2 is 2.05 bits per heavy atom. The third-order valence-electron chi connectivity index (χ3n) is 3.99. The Balaban J connectivity index is 2.09. The van der Waals surface area contributed by atoms with E-state index in [9.17, 15) is 5.11 Å². The van der Waals surface area contributed by atoms with Crippen LogP contribution in [0.3, 0.4) is 0 Å². The fraction of sp³-hybridized carbons (Fsp3) is 0.647. The third-order valence-corrected chi connectivity index (χ3v) is 3.99. The minimum Gasteiger partial charge on any atom is -0.494 e. The minimum absolute atomic E-state index is 0.129. The molecule has 2 rings (SSSR count). The highest BCUT2D eigenvalue weighted by atomic mass is 16.5. The van der Waals surface area contributed by atoms with Gasteiger partial charge in [0.05, 0.1) is 24.9 Å². The molecule has 1 aromatic rings. The molecule has 1 aliphatic rings. The Morgan fingerprint density at radius 1 is 1.35 bits per heavy atom. The second-order valence-corrected chi connectivity index (χ2v) is 6.01. The Labute approximate surface area is 121 Å². The van der Waals surface area contributed by atoms with Crippen LogP contribution in [0.5, 0.6) is 5.75 Å². The molecule has 0 spiro atoms. The van der Waals surface area contributed by atoms with Gasteiger partial charge in [-0.15, -0.1) is 0 Å². The minimum atomic E-state index is -0.767. The van der Waals surface area contributed by atoms with Crippen LogP contribution in [0.4, 0.5) is 0 Å². The Bertz CT molecular complexity index is 413. The van der Waals surface area contributed by atoms with Crippen molar-refractivity contribution in [2.24, 2.45) is 5.92 Å². The molecule has 0 radical (unpaired) electrons. The molecule has 1 aromatic carbocycles. The van der Waals surface area contributed by atoms with Crippen molar-refractivity contribution >= 4 is 0 Å². The maximum atomic E-state index is 10.9. The highest BCUT2D eigenvalue weighted by molar-refractivity contribution is 5.31. The van der Waals surface area contributed by atoms with Gasteiger partial charge in [-0.05, 0) is 30.0 Å². The number of ether oxygens (including phenoxy) is 2. The van der Waals surface area contributed by atoms with E-state index in [2.05, 4.69) is 20.8 Å². The third kappa shape index (κ3) is 3.53. The first-order chi connectivity index (χ1) is 9.55. The van der Waals surface area contributed by atoms with Crippen molar-refractivity contribution < 1.29 is 14.6 Å². The smallest absolute Gasteiger partial charge is 0.119 e. The van der Waals surface area contributed by atoms with Crippen LogP contribution in [0.2, 0.25) is 0 Å². The molecule has 0 aliphatic carbocycles. The lowest BCUT2D eigenvalue weighted by molar-refractivity contribution is -0.121. The Kier molecular flexibility index (Phi) is 5.06. The second kappa shape index (κ2) is 6.59. The standard InChI is InChI=1S/C17H26O3/c1-4-10-19-15-7-5-14(6-8-15)17(18)9-11-20-16(12-17)13(2)3/h5-8,13,16,18H,4,9-12H2,1-3H3. The lowest BCUT2D eigenvalue weighted by Crippen LogP contribution is -2.40. The number of hydrogen-bond donors (Lipinski definition) is 1. The molecule has 1 heterocycles. The summed E-state index contributed by atoms with van der Waals surface area (Å²) < 4.78 is 11.3. The van der Waals surface area contributed by atoms with Crippen molar-refractivity contribution in [3.63, 3.8) is 0 Å². The predicted molar refractivity (Wildman–Crippen MR) is 79.9 cm³/mol. The molecular formula is C17H26O3. The summed E-state index contributed by atoms with van der Waals surface area (Å²) in [5.74, 6) is 1.29. The molecule has 1 N–H and O–H groups in total. The topological polar surface area (TPSA) is 38.7 Å². The number of rotatable bonds is 5. The van der Waals surface area contributed by atoms with Crippen LogP contribution < -0.4 is 4.74 Å². The average Bonchev–Trinajstić information content (AvgIpc) is 2.45. The number of benzene rings is 1. The van der Waals surface area contributed by atoms with Crippen LogP contribution in [-0.4, -0.2) is 24.4 Å². The van der Waals surface area contributed by atoms with Gasteiger partial charge in [0, 0.05) is 12.8 Å². The lowest BCUT2D eigenvalue weighted by atomic mass is 9.81. The first-order valence-electron chi connectivity index (χ1n) is 7.62. The van der Waals surface area contributed by atoms with Crippen molar-refractivity contribution in [1.29, 1.82) is 0 Å². The maximum absolute atomic E-state index is 10.9. The molecule has 2 atom stereocenters. The summed E-state index contributed by atoms with van der Waals surface area (Å²) in [5.41, 5.74) is 0.200. The molecule has 112 valence electrons. The van der Waals surface area contributed by atoms with Crippen LogP contribution in [0.25, 0.3) is 0 Å². The number of hydrogen-bond acceptors (Lipinski definition) is 3. The van der Waals surface area contributed by atoms with Gasteiger partial charge in [0.1, 0.15) is 5.75 Å². The van der Waals surface area contributed by atoms with E-state index >= 15 is 0 Å². The SMILES string of the molecule is CCCOc1ccc(C2(O)CCOC(C(C)C)C2)cc1. The van der Waals surface area contributed by atoms with Crippen molar-refractivity contribution in [2.45, 2.75) is 51.7 Å². The molecule has 0 amide bonds. The van der Waals surface area contributed by atoms with E-state index in [1.165, 1.54) is 0 Å². The Morgan fingerprint density at radius 3 is 2.65 bits per heavy atom. The first-order valence-corrected chi connectivity index (χ1v) is 7.62. The van der Waals surface area contributed by atoms with E-state index < -0.39 is 5.60 Å². The molecular weight excluding hydrogens is 252 g/mol. The van der Waals surface area contributed by atoms with Gasteiger partial charge in [-0.25, -0.2) is 0 Å². The summed E-state index contributed by atoms with van der Waals surface area (Å²) in [6.45, 7) is 7.71. The first kappa shape index (κ1) is 15.3. The average molecular weight is 278 g/mol. The van der Waals surface area contributed by atoms with Crippen molar-refractivity contribution in [1.82, 2.24) is 0 Å². The molecule has 1 aliphatic heterocycles. The van der Waals surface area contributed by atoms with Gasteiger partial charge in [-0.1, -0.05) is 32.9 Å². The summed E-state index contributed by atoms with van der Waals surface area (Å²) in [6, 6.07) is 7.85. The summed E-state index contributed by atoms with van der Waals surface area (Å²) in [5, 5.41) is 10.9. The molecule has 0 bridgehead atoms. The zero-order valence-electron chi connectivity index (χ0n) is 12.8. The van der Waals surface area contributed by atoms with Gasteiger partial charge in [-0.3, -0.25) is 0 Å². The van der Waals surface area contributed by atoms with Gasteiger partial charge in [-0.2, -0.15) is 0 Å². The highest BCUT2D eigenvalue weighted by Crippen LogP contribution is 2.37. The van der Waals surface area contributed by atoms with Crippen LogP contribution in [0.1, 0.15) is 45.6 Å². The summed E-state index contributed by atoms with van der Waals surface area (Å²) >= 11 is 0. The van der Waals surface area contributed by atoms with Gasteiger partial charge in [0.25, 0.3) is 0 Å². The summed E-state index contributed by atoms with van der Waals surface area (Å²) in [6.07, 6.45) is 2.45. The molecule has 20 heavy (non-hydrogen) atoms. The highest BCUT2D eigenvalue weighted by Gasteiger charge is 2.37. The molecule has 0 aromatic heterocycles. The molecule has 0 saturated carbocycles. The predicted octanol–water partition coefficient (Wildman–Crippen LogP) is 3.50. The zero-order valence-corrected chi connectivity index (χ0v) is 12.8. The van der Waals surface area contributed by atoms with Gasteiger partial charge < -0.3 is 14.6 Å². The van der Waals surface area contributed by atoms with E-state index in [4.69, 9.17) is 9.47 Å². The van der Waals surface area contributed by atoms with Crippen LogP contribution in [0.15, 0.2) is 24.3 Å².